The van der Waals surface area contributed by atoms with Crippen LogP contribution in [-0.2, 0) is 21.5 Å². The first-order valence-electron chi connectivity index (χ1n) is 5.63. The van der Waals surface area contributed by atoms with Gasteiger partial charge in [0.15, 0.2) is 0 Å². The number of carbonyl (C=O) groups is 1. The predicted molar refractivity (Wildman–Crippen MR) is 69.5 cm³/mol. The Hall–Kier alpha value is -1.51. The van der Waals surface area contributed by atoms with Gasteiger partial charge in [-0.3, -0.25) is 9.78 Å². The number of hydrogen-bond donors (Lipinski definition) is 1. The molecule has 1 aromatic rings. The number of pyridine rings is 1. The van der Waals surface area contributed by atoms with E-state index >= 15 is 0 Å². The van der Waals surface area contributed by atoms with Crippen molar-refractivity contribution in [3.63, 3.8) is 0 Å². The van der Waals surface area contributed by atoms with Crippen molar-refractivity contribution in [1.82, 2.24) is 13.6 Å². The summed E-state index contributed by atoms with van der Waals surface area (Å²) in [6.45, 7) is 0.0742. The molecule has 0 radical (unpaired) electrons. The van der Waals surface area contributed by atoms with E-state index in [1.54, 1.807) is 24.4 Å². The lowest BCUT2D eigenvalue weighted by Crippen LogP contribution is -2.40. The van der Waals surface area contributed by atoms with Gasteiger partial charge in [0, 0.05) is 26.8 Å². The highest BCUT2D eigenvalue weighted by molar-refractivity contribution is 7.86. The van der Waals surface area contributed by atoms with Crippen molar-refractivity contribution in [3.05, 3.63) is 30.1 Å². The van der Waals surface area contributed by atoms with Gasteiger partial charge < -0.3 is 5.11 Å². The van der Waals surface area contributed by atoms with E-state index in [4.69, 9.17) is 5.11 Å². The Balaban J connectivity index is 2.68. The summed E-state index contributed by atoms with van der Waals surface area (Å²) in [4.78, 5) is 14.5. The second-order valence-corrected chi connectivity index (χ2v) is 6.19. The first-order valence-corrected chi connectivity index (χ1v) is 7.03. The fourth-order valence-corrected chi connectivity index (χ4v) is 2.50. The minimum absolute atomic E-state index is 0.0653. The molecule has 0 aliphatic carbocycles. The van der Waals surface area contributed by atoms with E-state index in [0.29, 0.717) is 5.69 Å². The van der Waals surface area contributed by atoms with Gasteiger partial charge in [-0.2, -0.15) is 17.0 Å². The Labute approximate surface area is 112 Å². The molecule has 8 heteroatoms. The Morgan fingerprint density at radius 1 is 1.32 bits per heavy atom. The zero-order valence-corrected chi connectivity index (χ0v) is 11.7. The molecule has 0 atom stereocenters. The van der Waals surface area contributed by atoms with E-state index in [2.05, 4.69) is 4.98 Å². The lowest BCUT2D eigenvalue weighted by molar-refractivity contribution is -0.137. The lowest BCUT2D eigenvalue weighted by Gasteiger charge is -2.23. The van der Waals surface area contributed by atoms with E-state index in [1.807, 2.05) is 0 Å². The summed E-state index contributed by atoms with van der Waals surface area (Å²) < 4.78 is 26.3. The lowest BCUT2D eigenvalue weighted by atomic mass is 10.3. The fourth-order valence-electron chi connectivity index (χ4n) is 1.41. The molecular formula is C11H17N3O4S. The molecule has 0 spiro atoms. The minimum Gasteiger partial charge on any atom is -0.481 e. The molecule has 1 rings (SSSR count). The van der Waals surface area contributed by atoms with Crippen LogP contribution >= 0.6 is 0 Å². The van der Waals surface area contributed by atoms with Crippen LogP contribution in [0.3, 0.4) is 0 Å². The summed E-state index contributed by atoms with van der Waals surface area (Å²) in [5.74, 6) is -1.03. The smallest absolute Gasteiger partial charge is 0.304 e. The Morgan fingerprint density at radius 3 is 2.53 bits per heavy atom. The zero-order chi connectivity index (χ0) is 14.5. The topological polar surface area (TPSA) is 90.8 Å². The summed E-state index contributed by atoms with van der Waals surface area (Å²) >= 11 is 0. The van der Waals surface area contributed by atoms with E-state index in [9.17, 15) is 13.2 Å². The highest BCUT2D eigenvalue weighted by Gasteiger charge is 2.24. The molecule has 0 amide bonds. The summed E-state index contributed by atoms with van der Waals surface area (Å²) in [6.07, 6.45) is 1.36. The van der Waals surface area contributed by atoms with Gasteiger partial charge in [0.25, 0.3) is 10.2 Å². The van der Waals surface area contributed by atoms with Gasteiger partial charge in [-0.05, 0) is 12.1 Å². The molecule has 106 valence electrons. The van der Waals surface area contributed by atoms with Gasteiger partial charge >= 0.3 is 5.97 Å². The van der Waals surface area contributed by atoms with Crippen LogP contribution in [0, 0.1) is 0 Å². The van der Waals surface area contributed by atoms with Crippen molar-refractivity contribution in [2.24, 2.45) is 0 Å². The van der Waals surface area contributed by atoms with Crippen molar-refractivity contribution in [3.8, 4) is 0 Å². The minimum atomic E-state index is -3.67. The monoisotopic (exact) mass is 287 g/mol. The number of aliphatic carboxylic acids is 1. The third kappa shape index (κ3) is 4.58. The molecule has 0 aromatic carbocycles. The third-order valence-corrected chi connectivity index (χ3v) is 4.43. The van der Waals surface area contributed by atoms with Gasteiger partial charge in [-0.1, -0.05) is 6.07 Å². The van der Waals surface area contributed by atoms with Gasteiger partial charge in [0.05, 0.1) is 18.7 Å². The van der Waals surface area contributed by atoms with Crippen LogP contribution in [0.5, 0.6) is 0 Å². The van der Waals surface area contributed by atoms with Crippen LogP contribution in [0.25, 0.3) is 0 Å². The van der Waals surface area contributed by atoms with Gasteiger partial charge in [0.1, 0.15) is 0 Å². The van der Waals surface area contributed by atoms with Crippen LogP contribution in [-0.4, -0.2) is 53.7 Å². The molecule has 1 heterocycles. The van der Waals surface area contributed by atoms with E-state index in [0.717, 1.165) is 8.61 Å². The van der Waals surface area contributed by atoms with Crippen molar-refractivity contribution in [1.29, 1.82) is 0 Å². The fraction of sp³-hybridized carbons (Fsp3) is 0.455. The average Bonchev–Trinajstić information content (AvgIpc) is 2.36. The second-order valence-electron chi connectivity index (χ2n) is 4.05. The molecule has 7 nitrogen and oxygen atoms in total. The SMILES string of the molecule is CN(CCC(=O)O)S(=O)(=O)N(C)Cc1ccccn1. The van der Waals surface area contributed by atoms with Crippen LogP contribution in [0.2, 0.25) is 0 Å². The molecule has 0 aliphatic heterocycles. The highest BCUT2D eigenvalue weighted by Crippen LogP contribution is 2.08. The maximum atomic E-state index is 12.1. The van der Waals surface area contributed by atoms with Crippen LogP contribution < -0.4 is 0 Å². The predicted octanol–water partition coefficient (Wildman–Crippen LogP) is 0.165. The van der Waals surface area contributed by atoms with E-state index < -0.39 is 16.2 Å². The van der Waals surface area contributed by atoms with E-state index in [-0.39, 0.29) is 19.5 Å². The molecule has 1 aromatic heterocycles. The summed E-state index contributed by atoms with van der Waals surface area (Å²) in [5.41, 5.74) is 0.625. The Morgan fingerprint density at radius 2 is 2.00 bits per heavy atom. The standard InChI is InChI=1S/C11H17N3O4S/c1-13(8-6-11(15)16)19(17,18)14(2)9-10-5-3-4-7-12-10/h3-5,7H,6,8-9H2,1-2H3,(H,15,16). The molecule has 0 aliphatic rings. The molecule has 0 bridgehead atoms. The summed E-state index contributed by atoms with van der Waals surface area (Å²) in [6, 6.07) is 5.25. The Kier molecular flexibility index (Phi) is 5.40. The van der Waals surface area contributed by atoms with Crippen molar-refractivity contribution < 1.29 is 18.3 Å². The number of rotatable bonds is 7. The van der Waals surface area contributed by atoms with Crippen molar-refractivity contribution >= 4 is 16.2 Å². The van der Waals surface area contributed by atoms with Crippen molar-refractivity contribution in [2.75, 3.05) is 20.6 Å². The molecular weight excluding hydrogens is 270 g/mol. The van der Waals surface area contributed by atoms with Gasteiger partial charge in [-0.25, -0.2) is 0 Å². The average molecular weight is 287 g/mol. The van der Waals surface area contributed by atoms with Crippen LogP contribution in [0.15, 0.2) is 24.4 Å². The van der Waals surface area contributed by atoms with Crippen LogP contribution in [0.4, 0.5) is 0 Å². The molecule has 0 saturated heterocycles. The maximum Gasteiger partial charge on any atom is 0.304 e. The summed E-state index contributed by atoms with van der Waals surface area (Å²) in [7, 11) is -0.883. The first kappa shape index (κ1) is 15.5. The van der Waals surface area contributed by atoms with Crippen molar-refractivity contribution in [2.45, 2.75) is 13.0 Å². The Bertz CT molecular complexity index is 518. The number of nitrogens with zero attached hydrogens (tertiary/aromatic N) is 3. The third-order valence-electron chi connectivity index (χ3n) is 2.54. The number of carboxylic acid groups (broad SMARTS) is 1. The van der Waals surface area contributed by atoms with E-state index in [1.165, 1.54) is 14.1 Å². The molecule has 0 saturated carbocycles. The quantitative estimate of drug-likeness (QED) is 0.771. The van der Waals surface area contributed by atoms with Gasteiger partial charge in [0.2, 0.25) is 0 Å². The highest BCUT2D eigenvalue weighted by atomic mass is 32.2. The molecule has 19 heavy (non-hydrogen) atoms. The normalized spacial score (nSPS) is 12.0. The number of carboxylic acids is 1. The zero-order valence-electron chi connectivity index (χ0n) is 10.9. The molecule has 0 fully saturated rings. The largest absolute Gasteiger partial charge is 0.481 e. The number of aromatic nitrogens is 1. The molecule has 0 unspecified atom stereocenters. The van der Waals surface area contributed by atoms with Gasteiger partial charge in [-0.15, -0.1) is 0 Å². The van der Waals surface area contributed by atoms with Crippen LogP contribution in [0.1, 0.15) is 12.1 Å². The first-order chi connectivity index (χ1) is 8.84. The summed E-state index contributed by atoms with van der Waals surface area (Å²) in [5, 5.41) is 8.56. The maximum absolute atomic E-state index is 12.1. The molecule has 1 N–H and O–H groups in total. The second kappa shape index (κ2) is 6.60. The number of hydrogen-bond acceptors (Lipinski definition) is 4.